The van der Waals surface area contributed by atoms with Gasteiger partial charge in [0.05, 0.1) is 0 Å². The van der Waals surface area contributed by atoms with Crippen molar-refractivity contribution in [2.45, 2.75) is 0 Å². The van der Waals surface area contributed by atoms with Crippen LogP contribution in [0.2, 0.25) is 0 Å². The quantitative estimate of drug-likeness (QED) is 0.751. The van der Waals surface area contributed by atoms with Gasteiger partial charge in [-0.1, -0.05) is 6.07 Å². The van der Waals surface area contributed by atoms with Crippen molar-refractivity contribution in [3.05, 3.63) is 46.9 Å². The number of aromatic nitrogens is 2. The molecule has 0 aliphatic rings. The number of nitrogens with one attached hydrogen (secondary N) is 1. The number of H-pyrrole nitrogens is 1. The van der Waals surface area contributed by atoms with Gasteiger partial charge in [0.15, 0.2) is 5.82 Å². The molecule has 0 fully saturated rings. The SMILES string of the molecule is O=c1ccc(N=Nc2ccccn2)c(O)[nH]1. The third kappa shape index (κ3) is 2.30. The molecule has 0 unspecified atom stereocenters. The van der Waals surface area contributed by atoms with E-state index in [0.29, 0.717) is 5.82 Å². The van der Waals surface area contributed by atoms with Crippen LogP contribution in [-0.4, -0.2) is 15.1 Å². The molecular formula is C10H8N4O2. The predicted octanol–water partition coefficient (Wildman–Crippen LogP) is 1.89. The number of aromatic amines is 1. The molecule has 2 aromatic heterocycles. The van der Waals surface area contributed by atoms with Crippen LogP contribution in [0.25, 0.3) is 0 Å². The maximum Gasteiger partial charge on any atom is 0.250 e. The van der Waals surface area contributed by atoms with E-state index in [2.05, 4.69) is 20.2 Å². The first-order valence-corrected chi connectivity index (χ1v) is 4.51. The molecule has 0 bridgehead atoms. The standard InChI is InChI=1S/C10H8N4O2/c15-9-5-4-7(10(16)12-9)13-14-8-3-1-2-6-11-8/h1-6H,(H2,12,15,16). The Kier molecular flexibility index (Phi) is 2.73. The maximum atomic E-state index is 10.8. The number of rotatable bonds is 2. The van der Waals surface area contributed by atoms with E-state index < -0.39 is 5.56 Å². The van der Waals surface area contributed by atoms with Gasteiger partial charge < -0.3 is 5.11 Å². The average molecular weight is 216 g/mol. The summed E-state index contributed by atoms with van der Waals surface area (Å²) in [7, 11) is 0. The second-order valence-electron chi connectivity index (χ2n) is 2.94. The zero-order chi connectivity index (χ0) is 11.4. The number of pyridine rings is 2. The van der Waals surface area contributed by atoms with Gasteiger partial charge in [0.1, 0.15) is 5.69 Å². The minimum absolute atomic E-state index is 0.185. The third-order valence-electron chi connectivity index (χ3n) is 1.79. The van der Waals surface area contributed by atoms with Crippen LogP contribution >= 0.6 is 0 Å². The maximum absolute atomic E-state index is 10.8. The normalized spacial score (nSPS) is 10.8. The van der Waals surface area contributed by atoms with Gasteiger partial charge in [0.25, 0.3) is 5.56 Å². The first kappa shape index (κ1) is 10.0. The predicted molar refractivity (Wildman–Crippen MR) is 57.1 cm³/mol. The number of aromatic hydroxyl groups is 1. The monoisotopic (exact) mass is 216 g/mol. The van der Waals surface area contributed by atoms with E-state index in [-0.39, 0.29) is 11.6 Å². The molecule has 0 aliphatic carbocycles. The molecule has 6 nitrogen and oxygen atoms in total. The van der Waals surface area contributed by atoms with Crippen molar-refractivity contribution in [3.8, 4) is 5.88 Å². The molecular weight excluding hydrogens is 208 g/mol. The van der Waals surface area contributed by atoms with E-state index in [1.165, 1.54) is 12.1 Å². The topological polar surface area (TPSA) is 90.7 Å². The Morgan fingerprint density at radius 3 is 2.75 bits per heavy atom. The van der Waals surface area contributed by atoms with Crippen LogP contribution in [0.4, 0.5) is 11.5 Å². The zero-order valence-electron chi connectivity index (χ0n) is 8.16. The Morgan fingerprint density at radius 1 is 1.19 bits per heavy atom. The molecule has 2 rings (SSSR count). The lowest BCUT2D eigenvalue weighted by Gasteiger charge is -1.95. The van der Waals surface area contributed by atoms with Gasteiger partial charge in [0, 0.05) is 12.3 Å². The molecule has 0 saturated heterocycles. The first-order chi connectivity index (χ1) is 7.75. The molecule has 0 amide bonds. The molecule has 2 aromatic rings. The fraction of sp³-hybridized carbons (Fsp3) is 0. The Bertz CT molecular complexity index is 563. The van der Waals surface area contributed by atoms with Gasteiger partial charge in [-0.2, -0.15) is 0 Å². The lowest BCUT2D eigenvalue weighted by Crippen LogP contribution is -2.00. The van der Waals surface area contributed by atoms with E-state index >= 15 is 0 Å². The molecule has 0 saturated carbocycles. The molecule has 0 atom stereocenters. The van der Waals surface area contributed by atoms with Gasteiger partial charge >= 0.3 is 0 Å². The summed E-state index contributed by atoms with van der Waals surface area (Å²) in [6.07, 6.45) is 1.58. The smallest absolute Gasteiger partial charge is 0.250 e. The van der Waals surface area contributed by atoms with Crippen molar-refractivity contribution >= 4 is 11.5 Å². The number of hydrogen-bond acceptors (Lipinski definition) is 5. The Balaban J connectivity index is 2.28. The molecule has 6 heteroatoms. The molecule has 0 aliphatic heterocycles. The molecule has 0 aromatic carbocycles. The van der Waals surface area contributed by atoms with E-state index in [1.54, 1.807) is 24.4 Å². The van der Waals surface area contributed by atoms with Gasteiger partial charge in [0.2, 0.25) is 5.88 Å². The van der Waals surface area contributed by atoms with E-state index in [4.69, 9.17) is 0 Å². The first-order valence-electron chi connectivity index (χ1n) is 4.51. The van der Waals surface area contributed by atoms with Crippen molar-refractivity contribution in [2.24, 2.45) is 10.2 Å². The van der Waals surface area contributed by atoms with E-state index in [0.717, 1.165) is 0 Å². The second-order valence-corrected chi connectivity index (χ2v) is 2.94. The number of hydrogen-bond donors (Lipinski definition) is 2. The van der Waals surface area contributed by atoms with Crippen LogP contribution in [-0.2, 0) is 0 Å². The second kappa shape index (κ2) is 4.35. The lowest BCUT2D eigenvalue weighted by molar-refractivity contribution is 0.453. The largest absolute Gasteiger partial charge is 0.493 e. The van der Waals surface area contributed by atoms with Gasteiger partial charge in [-0.25, -0.2) is 4.98 Å². The fourth-order valence-corrected chi connectivity index (χ4v) is 1.05. The number of nitrogens with zero attached hydrogens (tertiary/aromatic N) is 3. The Morgan fingerprint density at radius 2 is 2.06 bits per heavy atom. The van der Waals surface area contributed by atoms with Crippen LogP contribution in [0.15, 0.2) is 51.6 Å². The summed E-state index contributed by atoms with van der Waals surface area (Å²) in [5.74, 6) is 0.111. The summed E-state index contributed by atoms with van der Waals surface area (Å²) >= 11 is 0. The van der Waals surface area contributed by atoms with Crippen LogP contribution in [0.5, 0.6) is 5.88 Å². The summed E-state index contributed by atoms with van der Waals surface area (Å²) in [6, 6.07) is 7.84. The highest BCUT2D eigenvalue weighted by Gasteiger charge is 1.99. The van der Waals surface area contributed by atoms with Crippen LogP contribution < -0.4 is 5.56 Å². The fourth-order valence-electron chi connectivity index (χ4n) is 1.05. The third-order valence-corrected chi connectivity index (χ3v) is 1.79. The van der Waals surface area contributed by atoms with Gasteiger partial charge in [-0.05, 0) is 18.2 Å². The van der Waals surface area contributed by atoms with Crippen LogP contribution in [0.3, 0.4) is 0 Å². The van der Waals surface area contributed by atoms with E-state index in [9.17, 15) is 9.90 Å². The number of azo groups is 1. The van der Waals surface area contributed by atoms with Gasteiger partial charge in [-0.15, -0.1) is 10.2 Å². The molecule has 80 valence electrons. The van der Waals surface area contributed by atoms with Crippen LogP contribution in [0.1, 0.15) is 0 Å². The highest BCUT2D eigenvalue weighted by atomic mass is 16.3. The summed E-state index contributed by atoms with van der Waals surface area (Å²) in [4.78, 5) is 16.9. The lowest BCUT2D eigenvalue weighted by atomic mass is 10.4. The summed E-state index contributed by atoms with van der Waals surface area (Å²) in [5.41, 5.74) is -0.209. The van der Waals surface area contributed by atoms with E-state index in [1.807, 2.05) is 0 Å². The van der Waals surface area contributed by atoms with Crippen molar-refractivity contribution < 1.29 is 5.11 Å². The van der Waals surface area contributed by atoms with Crippen molar-refractivity contribution in [3.63, 3.8) is 0 Å². The highest BCUT2D eigenvalue weighted by molar-refractivity contribution is 5.45. The minimum atomic E-state index is -0.394. The van der Waals surface area contributed by atoms with Crippen molar-refractivity contribution in [1.29, 1.82) is 0 Å². The van der Waals surface area contributed by atoms with Crippen molar-refractivity contribution in [2.75, 3.05) is 0 Å². The summed E-state index contributed by atoms with van der Waals surface area (Å²) < 4.78 is 0. The molecule has 16 heavy (non-hydrogen) atoms. The Labute approximate surface area is 90.3 Å². The summed E-state index contributed by atoms with van der Waals surface area (Å²) in [5, 5.41) is 16.9. The van der Waals surface area contributed by atoms with Crippen molar-refractivity contribution in [1.82, 2.24) is 9.97 Å². The minimum Gasteiger partial charge on any atom is -0.493 e. The van der Waals surface area contributed by atoms with Crippen LogP contribution in [0, 0.1) is 0 Å². The highest BCUT2D eigenvalue weighted by Crippen LogP contribution is 2.22. The molecule has 2 heterocycles. The molecule has 2 N–H and O–H groups in total. The Hall–Kier alpha value is -2.50. The zero-order valence-corrected chi connectivity index (χ0v) is 8.16. The molecule has 0 spiro atoms. The summed E-state index contributed by atoms with van der Waals surface area (Å²) in [6.45, 7) is 0. The van der Waals surface area contributed by atoms with Gasteiger partial charge in [-0.3, -0.25) is 9.78 Å². The average Bonchev–Trinajstić information content (AvgIpc) is 2.29. The molecule has 0 radical (unpaired) electrons.